The van der Waals surface area contributed by atoms with Crippen LogP contribution in [0, 0.1) is 0 Å². The van der Waals surface area contributed by atoms with Crippen LogP contribution < -0.4 is 0 Å². The van der Waals surface area contributed by atoms with Crippen LogP contribution in [0.1, 0.15) is 11.0 Å². The predicted molar refractivity (Wildman–Crippen MR) is 147 cm³/mol. The maximum absolute atomic E-state index is 9.13. The minimum atomic E-state index is -0.404. The number of fused-ring (bicyclic) bond motifs is 4. The Labute approximate surface area is 210 Å². The summed E-state index contributed by atoms with van der Waals surface area (Å²) in [4.78, 5) is 0. The summed E-state index contributed by atoms with van der Waals surface area (Å²) in [6, 6.07) is 24.0. The highest BCUT2D eigenvalue weighted by molar-refractivity contribution is 6.23. The first-order valence-corrected chi connectivity index (χ1v) is 11.1. The first kappa shape index (κ1) is 12.7. The molecule has 0 saturated heterocycles. The summed E-state index contributed by atoms with van der Waals surface area (Å²) < 4.78 is 70.9. The van der Waals surface area contributed by atoms with E-state index in [2.05, 4.69) is 0 Å². The Morgan fingerprint density at radius 2 is 0.971 bits per heavy atom. The van der Waals surface area contributed by atoms with E-state index in [1.165, 1.54) is 0 Å². The molecule has 0 atom stereocenters. The molecule has 0 saturated carbocycles. The quantitative estimate of drug-likeness (QED) is 0.236. The van der Waals surface area contributed by atoms with Crippen LogP contribution in [0.15, 0.2) is 133 Å². The van der Waals surface area contributed by atoms with E-state index < -0.39 is 24.2 Å². The average Bonchev–Trinajstić information content (AvgIpc) is 3.02. The molecule has 0 amide bonds. The Hall–Kier alpha value is -4.42. The van der Waals surface area contributed by atoms with Crippen LogP contribution in [0.25, 0.3) is 65.3 Å². The van der Waals surface area contributed by atoms with Gasteiger partial charge in [-0.25, -0.2) is 0 Å². The van der Waals surface area contributed by atoms with E-state index >= 15 is 0 Å². The second-order valence-corrected chi connectivity index (χ2v) is 8.34. The SMILES string of the molecule is [2H]c1c([2H])c([2H])c2c(-c3cccc4ccccc34)c3c([2H])c([2H])c([2H])c([2H])c3c(-c3ccc4ccccc4c3)c2c1[2H]. The minimum absolute atomic E-state index is 0.219. The van der Waals surface area contributed by atoms with Crippen LogP contribution in [0.5, 0.6) is 0 Å². The monoisotopic (exact) mass is 438 g/mol. The summed E-state index contributed by atoms with van der Waals surface area (Å²) in [6.45, 7) is 0. The molecule has 7 rings (SSSR count). The van der Waals surface area contributed by atoms with Crippen molar-refractivity contribution < 1.29 is 11.0 Å². The lowest BCUT2D eigenvalue weighted by Gasteiger charge is -2.19. The lowest BCUT2D eigenvalue weighted by molar-refractivity contribution is 1.68. The zero-order valence-corrected chi connectivity index (χ0v) is 18.1. The summed E-state index contributed by atoms with van der Waals surface area (Å²) in [5.74, 6) is 0. The fourth-order valence-corrected chi connectivity index (χ4v) is 4.97. The Bertz CT molecular complexity index is 2200. The van der Waals surface area contributed by atoms with Crippen LogP contribution in [-0.2, 0) is 0 Å². The van der Waals surface area contributed by atoms with E-state index in [0.717, 1.165) is 21.5 Å². The molecule has 0 aliphatic heterocycles. The molecule has 0 bridgehead atoms. The Kier molecular flexibility index (Phi) is 2.83. The van der Waals surface area contributed by atoms with Gasteiger partial charge in [-0.2, -0.15) is 0 Å². The van der Waals surface area contributed by atoms with E-state index in [9.17, 15) is 0 Å². The van der Waals surface area contributed by atoms with Gasteiger partial charge in [-0.05, 0) is 71.4 Å². The molecule has 0 unspecified atom stereocenters. The Balaban J connectivity index is 1.85. The third-order valence-electron chi connectivity index (χ3n) is 6.47. The summed E-state index contributed by atoms with van der Waals surface area (Å²) in [6.07, 6.45) is 0. The zero-order chi connectivity index (χ0) is 29.4. The van der Waals surface area contributed by atoms with Gasteiger partial charge in [0.05, 0.1) is 11.0 Å². The number of benzene rings is 7. The summed E-state index contributed by atoms with van der Waals surface area (Å²) >= 11 is 0. The van der Waals surface area contributed by atoms with Crippen LogP contribution in [-0.4, -0.2) is 0 Å². The van der Waals surface area contributed by atoms with Crippen LogP contribution >= 0.6 is 0 Å². The van der Waals surface area contributed by atoms with E-state index in [1.54, 1.807) is 0 Å². The molecule has 0 heteroatoms. The third kappa shape index (κ3) is 2.86. The van der Waals surface area contributed by atoms with Crippen LogP contribution in [0.3, 0.4) is 0 Å². The van der Waals surface area contributed by atoms with Crippen molar-refractivity contribution in [3.8, 4) is 22.3 Å². The van der Waals surface area contributed by atoms with Crippen molar-refractivity contribution in [3.05, 3.63) is 133 Å². The molecule has 0 aromatic heterocycles. The molecule has 0 nitrogen and oxygen atoms in total. The molecule has 0 radical (unpaired) electrons. The van der Waals surface area contributed by atoms with Crippen molar-refractivity contribution in [2.45, 2.75) is 0 Å². The molecule has 0 aliphatic rings. The minimum Gasteiger partial charge on any atom is -0.0616 e. The van der Waals surface area contributed by atoms with Crippen molar-refractivity contribution in [2.24, 2.45) is 0 Å². The molecule has 34 heavy (non-hydrogen) atoms. The van der Waals surface area contributed by atoms with E-state index in [-0.39, 0.29) is 45.7 Å². The van der Waals surface area contributed by atoms with E-state index in [0.29, 0.717) is 22.3 Å². The molecule has 0 fully saturated rings. The second-order valence-electron chi connectivity index (χ2n) is 8.34. The zero-order valence-electron chi connectivity index (χ0n) is 26.1. The van der Waals surface area contributed by atoms with Gasteiger partial charge in [-0.3, -0.25) is 0 Å². The van der Waals surface area contributed by atoms with Gasteiger partial charge >= 0.3 is 0 Å². The summed E-state index contributed by atoms with van der Waals surface area (Å²) in [5.41, 5.74) is 1.94. The van der Waals surface area contributed by atoms with Crippen molar-refractivity contribution >= 4 is 43.1 Å². The first-order valence-electron chi connectivity index (χ1n) is 15.1. The molecule has 0 aliphatic carbocycles. The van der Waals surface area contributed by atoms with Crippen molar-refractivity contribution in [1.29, 1.82) is 0 Å². The highest BCUT2D eigenvalue weighted by Gasteiger charge is 2.17. The maximum Gasteiger partial charge on any atom is 0.0629 e. The number of rotatable bonds is 2. The smallest absolute Gasteiger partial charge is 0.0616 e. The molecule has 7 aromatic rings. The van der Waals surface area contributed by atoms with Crippen LogP contribution in [0.4, 0.5) is 0 Å². The molecule has 158 valence electrons. The second kappa shape index (κ2) is 7.57. The van der Waals surface area contributed by atoms with Gasteiger partial charge in [0.25, 0.3) is 0 Å². The predicted octanol–water partition coefficient (Wildman–Crippen LogP) is 9.63. The third-order valence-corrected chi connectivity index (χ3v) is 6.47. The lowest BCUT2D eigenvalue weighted by Crippen LogP contribution is -1.91. The van der Waals surface area contributed by atoms with Gasteiger partial charge in [-0.15, -0.1) is 0 Å². The van der Waals surface area contributed by atoms with Gasteiger partial charge in [0.15, 0.2) is 0 Å². The molecular weight excluding hydrogens is 408 g/mol. The molecule has 7 aromatic carbocycles. The molecule has 0 spiro atoms. The standard InChI is InChI=1S/C34H22/c1-2-12-25-22-26(21-20-23(25)10-1)33-29-15-5-7-17-31(29)34(32-18-8-6-16-30(32)33)28-19-9-13-24-11-3-4-14-27(24)28/h1-22H/i5D,6D,7D,8D,15D,16D,17D,18D. The van der Waals surface area contributed by atoms with Gasteiger partial charge in [0.1, 0.15) is 0 Å². The summed E-state index contributed by atoms with van der Waals surface area (Å²) in [5, 5.41) is 4.46. The normalized spacial score (nSPS) is 14.8. The lowest BCUT2D eigenvalue weighted by atomic mass is 9.84. The van der Waals surface area contributed by atoms with Crippen molar-refractivity contribution in [2.75, 3.05) is 0 Å². The largest absolute Gasteiger partial charge is 0.0629 e. The van der Waals surface area contributed by atoms with Gasteiger partial charge in [0.2, 0.25) is 0 Å². The Morgan fingerprint density at radius 3 is 1.68 bits per heavy atom. The van der Waals surface area contributed by atoms with Gasteiger partial charge in [-0.1, -0.05) is 127 Å². The summed E-state index contributed by atoms with van der Waals surface area (Å²) in [7, 11) is 0. The number of hydrogen-bond donors (Lipinski definition) is 0. The topological polar surface area (TPSA) is 0 Å². The molecule has 0 N–H and O–H groups in total. The van der Waals surface area contributed by atoms with E-state index in [4.69, 9.17) is 11.0 Å². The highest BCUT2D eigenvalue weighted by atomic mass is 14.2. The fourth-order valence-electron chi connectivity index (χ4n) is 4.97. The fraction of sp³-hybridized carbons (Fsp3) is 0. The maximum atomic E-state index is 9.13. The Morgan fingerprint density at radius 1 is 0.412 bits per heavy atom. The van der Waals surface area contributed by atoms with Crippen molar-refractivity contribution in [3.63, 3.8) is 0 Å². The van der Waals surface area contributed by atoms with Gasteiger partial charge in [0, 0.05) is 0 Å². The molecule has 0 heterocycles. The molecular formula is C34H22. The first-order chi connectivity index (χ1) is 20.2. The van der Waals surface area contributed by atoms with E-state index in [1.807, 2.05) is 84.9 Å². The van der Waals surface area contributed by atoms with Crippen molar-refractivity contribution in [1.82, 2.24) is 0 Å². The number of hydrogen-bond acceptors (Lipinski definition) is 0. The van der Waals surface area contributed by atoms with Crippen LogP contribution in [0.2, 0.25) is 0 Å². The highest BCUT2D eigenvalue weighted by Crippen LogP contribution is 2.45. The average molecular weight is 439 g/mol. The van der Waals surface area contributed by atoms with Gasteiger partial charge < -0.3 is 0 Å².